The van der Waals surface area contributed by atoms with Gasteiger partial charge in [-0.15, -0.1) is 11.6 Å². The van der Waals surface area contributed by atoms with Crippen molar-refractivity contribution in [3.8, 4) is 0 Å². The van der Waals surface area contributed by atoms with Gasteiger partial charge in [-0.25, -0.2) is 4.79 Å². The van der Waals surface area contributed by atoms with Crippen LogP contribution in [0.2, 0.25) is 0 Å². The van der Waals surface area contributed by atoms with Crippen LogP contribution in [-0.2, 0) is 9.53 Å². The highest BCUT2D eigenvalue weighted by molar-refractivity contribution is 6.27. The molecule has 0 spiro atoms. The third-order valence-electron chi connectivity index (χ3n) is 3.03. The van der Waals surface area contributed by atoms with Gasteiger partial charge in [0.05, 0.1) is 6.04 Å². The fourth-order valence-electron chi connectivity index (χ4n) is 2.11. The largest absolute Gasteiger partial charge is 0.444 e. The molecule has 1 heterocycles. The van der Waals surface area contributed by atoms with Crippen LogP contribution in [0.4, 0.5) is 4.79 Å². The molecule has 0 aromatic heterocycles. The lowest BCUT2D eigenvalue weighted by Crippen LogP contribution is -2.45. The van der Waals surface area contributed by atoms with E-state index in [1.54, 1.807) is 16.8 Å². The smallest absolute Gasteiger partial charge is 0.410 e. The Morgan fingerprint density at radius 3 is 2.58 bits per heavy atom. The molecule has 1 fully saturated rings. The van der Waals surface area contributed by atoms with Crippen molar-refractivity contribution in [3.63, 3.8) is 0 Å². The molecule has 5 nitrogen and oxygen atoms in total. The predicted octanol–water partition coefficient (Wildman–Crippen LogP) is 2.08. The van der Waals surface area contributed by atoms with E-state index in [0.29, 0.717) is 13.1 Å². The number of alkyl halides is 1. The van der Waals surface area contributed by atoms with E-state index < -0.39 is 5.60 Å². The Hall–Kier alpha value is -0.970. The lowest BCUT2D eigenvalue weighted by atomic mass is 10.2. The Morgan fingerprint density at radius 1 is 1.42 bits per heavy atom. The first-order chi connectivity index (χ1) is 8.74. The normalized spacial score (nSPS) is 19.4. The van der Waals surface area contributed by atoms with Crippen molar-refractivity contribution in [1.82, 2.24) is 9.80 Å². The number of halogens is 1. The fraction of sp³-hybridized carbons (Fsp3) is 0.846. The van der Waals surface area contributed by atoms with Crippen molar-refractivity contribution >= 4 is 23.6 Å². The third-order valence-corrected chi connectivity index (χ3v) is 3.26. The Kier molecular flexibility index (Phi) is 5.47. The molecule has 0 aliphatic carbocycles. The van der Waals surface area contributed by atoms with E-state index in [9.17, 15) is 9.59 Å². The van der Waals surface area contributed by atoms with Gasteiger partial charge in [0.25, 0.3) is 0 Å². The molecule has 0 radical (unpaired) electrons. The van der Waals surface area contributed by atoms with Crippen molar-refractivity contribution in [2.45, 2.75) is 45.3 Å². The SMILES string of the molecule is CN(C[C@H]1CCCN1C(=O)OC(C)(C)C)C(=O)CCl. The monoisotopic (exact) mass is 290 g/mol. The second kappa shape index (κ2) is 6.46. The van der Waals surface area contributed by atoms with Gasteiger partial charge < -0.3 is 14.5 Å². The molecule has 1 aliphatic heterocycles. The van der Waals surface area contributed by atoms with E-state index in [0.717, 1.165) is 12.8 Å². The Balaban J connectivity index is 2.59. The van der Waals surface area contributed by atoms with Crippen LogP contribution in [0.3, 0.4) is 0 Å². The zero-order valence-electron chi connectivity index (χ0n) is 12.1. The van der Waals surface area contributed by atoms with E-state index in [-0.39, 0.29) is 23.9 Å². The average molecular weight is 291 g/mol. The molecule has 0 bridgehead atoms. The molecule has 0 aromatic rings. The number of nitrogens with zero attached hydrogens (tertiary/aromatic N) is 2. The first-order valence-electron chi connectivity index (χ1n) is 6.54. The Labute approximate surface area is 119 Å². The first-order valence-corrected chi connectivity index (χ1v) is 7.07. The molecule has 110 valence electrons. The number of hydrogen-bond acceptors (Lipinski definition) is 3. The number of likely N-dealkylation sites (tertiary alicyclic amines) is 1. The predicted molar refractivity (Wildman–Crippen MR) is 74.3 cm³/mol. The van der Waals surface area contributed by atoms with Gasteiger partial charge in [-0.3, -0.25) is 4.79 Å². The summed E-state index contributed by atoms with van der Waals surface area (Å²) in [5, 5.41) is 0. The molecule has 1 rings (SSSR count). The van der Waals surface area contributed by atoms with Crippen LogP contribution in [0.25, 0.3) is 0 Å². The van der Waals surface area contributed by atoms with Gasteiger partial charge in [0.15, 0.2) is 0 Å². The van der Waals surface area contributed by atoms with Gasteiger partial charge in [-0.2, -0.15) is 0 Å². The van der Waals surface area contributed by atoms with Gasteiger partial charge in [0.2, 0.25) is 5.91 Å². The van der Waals surface area contributed by atoms with Crippen molar-refractivity contribution in [2.75, 3.05) is 26.0 Å². The molecule has 0 N–H and O–H groups in total. The van der Waals surface area contributed by atoms with Crippen LogP contribution in [-0.4, -0.2) is 59.5 Å². The maximum absolute atomic E-state index is 12.1. The van der Waals surface area contributed by atoms with Crippen LogP contribution in [0.5, 0.6) is 0 Å². The topological polar surface area (TPSA) is 49.9 Å². The van der Waals surface area contributed by atoms with E-state index >= 15 is 0 Å². The van der Waals surface area contributed by atoms with E-state index in [4.69, 9.17) is 16.3 Å². The molecule has 6 heteroatoms. The summed E-state index contributed by atoms with van der Waals surface area (Å²) in [6.07, 6.45) is 1.52. The second-order valence-electron chi connectivity index (χ2n) is 5.88. The summed E-state index contributed by atoms with van der Waals surface area (Å²) in [5.74, 6) is -0.159. The van der Waals surface area contributed by atoms with Crippen LogP contribution in [0.15, 0.2) is 0 Å². The number of hydrogen-bond donors (Lipinski definition) is 0. The molecule has 1 aliphatic rings. The van der Waals surface area contributed by atoms with Crippen LogP contribution >= 0.6 is 11.6 Å². The number of carbonyl (C=O) groups is 2. The maximum Gasteiger partial charge on any atom is 0.410 e. The number of rotatable bonds is 3. The molecule has 19 heavy (non-hydrogen) atoms. The van der Waals surface area contributed by atoms with Crippen molar-refractivity contribution in [1.29, 1.82) is 0 Å². The number of amides is 2. The number of likely N-dealkylation sites (N-methyl/N-ethyl adjacent to an activating group) is 1. The van der Waals surface area contributed by atoms with Crippen LogP contribution in [0, 0.1) is 0 Å². The van der Waals surface area contributed by atoms with E-state index in [1.165, 1.54) is 0 Å². The van der Waals surface area contributed by atoms with Gasteiger partial charge >= 0.3 is 6.09 Å². The second-order valence-corrected chi connectivity index (χ2v) is 6.14. The van der Waals surface area contributed by atoms with Gasteiger partial charge in [-0.05, 0) is 33.6 Å². The average Bonchev–Trinajstić information content (AvgIpc) is 2.73. The van der Waals surface area contributed by atoms with Crippen molar-refractivity contribution in [3.05, 3.63) is 0 Å². The summed E-state index contributed by atoms with van der Waals surface area (Å²) >= 11 is 5.52. The molecule has 0 saturated carbocycles. The lowest BCUT2D eigenvalue weighted by molar-refractivity contribution is -0.127. The summed E-state index contributed by atoms with van der Waals surface area (Å²) in [5.41, 5.74) is -0.498. The summed E-state index contributed by atoms with van der Waals surface area (Å²) in [4.78, 5) is 26.8. The van der Waals surface area contributed by atoms with Crippen molar-refractivity contribution in [2.24, 2.45) is 0 Å². The number of carbonyl (C=O) groups excluding carboxylic acids is 2. The van der Waals surface area contributed by atoms with Gasteiger partial charge in [0.1, 0.15) is 11.5 Å². The van der Waals surface area contributed by atoms with Crippen LogP contribution < -0.4 is 0 Å². The molecule has 1 saturated heterocycles. The standard InChI is InChI=1S/C13H23ClN2O3/c1-13(2,3)19-12(18)16-7-5-6-10(16)9-15(4)11(17)8-14/h10H,5-9H2,1-4H3/t10-/m1/s1. The maximum atomic E-state index is 12.1. The van der Waals surface area contributed by atoms with Crippen molar-refractivity contribution < 1.29 is 14.3 Å². The minimum absolute atomic E-state index is 0.0204. The molecular weight excluding hydrogens is 268 g/mol. The fourth-order valence-corrected chi connectivity index (χ4v) is 2.31. The van der Waals surface area contributed by atoms with Gasteiger partial charge in [0, 0.05) is 20.1 Å². The Morgan fingerprint density at radius 2 is 2.05 bits per heavy atom. The molecule has 0 aromatic carbocycles. The summed E-state index contributed by atoms with van der Waals surface area (Å²) < 4.78 is 5.38. The van der Waals surface area contributed by atoms with E-state index in [2.05, 4.69) is 0 Å². The highest BCUT2D eigenvalue weighted by Crippen LogP contribution is 2.21. The first kappa shape index (κ1) is 16.1. The summed E-state index contributed by atoms with van der Waals surface area (Å²) in [6, 6.07) is 0.0204. The van der Waals surface area contributed by atoms with E-state index in [1.807, 2.05) is 20.8 Å². The third kappa shape index (κ3) is 4.90. The highest BCUT2D eigenvalue weighted by atomic mass is 35.5. The van der Waals surface area contributed by atoms with Gasteiger partial charge in [-0.1, -0.05) is 0 Å². The molecule has 2 amide bonds. The summed E-state index contributed by atoms with van der Waals surface area (Å²) in [7, 11) is 1.70. The Bertz CT molecular complexity index is 341. The minimum Gasteiger partial charge on any atom is -0.444 e. The quantitative estimate of drug-likeness (QED) is 0.748. The minimum atomic E-state index is -0.498. The van der Waals surface area contributed by atoms with Crippen LogP contribution in [0.1, 0.15) is 33.6 Å². The molecule has 0 unspecified atom stereocenters. The molecular formula is C13H23ClN2O3. The zero-order valence-corrected chi connectivity index (χ0v) is 12.9. The lowest BCUT2D eigenvalue weighted by Gasteiger charge is -2.30. The highest BCUT2D eigenvalue weighted by Gasteiger charge is 2.33. The zero-order chi connectivity index (χ0) is 14.6. The molecule has 1 atom stereocenters. The number of ether oxygens (including phenoxy) is 1. The summed E-state index contributed by atoms with van der Waals surface area (Å²) in [6.45, 7) is 6.73.